The Morgan fingerprint density at radius 3 is 2.55 bits per heavy atom. The molecule has 2 heteroatoms. The van der Waals surface area contributed by atoms with Crippen molar-refractivity contribution in [2.45, 2.75) is 38.0 Å². The smallest absolute Gasteiger partial charge is 0.0234 e. The van der Waals surface area contributed by atoms with Gasteiger partial charge < -0.3 is 5.32 Å². The molecular weight excluding hydrogens is 262 g/mol. The maximum atomic E-state index is 3.43. The molecule has 0 aliphatic carbocycles. The Morgan fingerprint density at radius 1 is 1.00 bits per heavy atom. The third-order valence-electron chi connectivity index (χ3n) is 3.43. The summed E-state index contributed by atoms with van der Waals surface area (Å²) >= 11 is 1.93. The van der Waals surface area contributed by atoms with Gasteiger partial charge in [0, 0.05) is 17.2 Å². The molecule has 0 aliphatic rings. The van der Waals surface area contributed by atoms with E-state index in [9.17, 15) is 0 Å². The molecule has 0 aliphatic heterocycles. The first kappa shape index (κ1) is 15.1. The van der Waals surface area contributed by atoms with Gasteiger partial charge in [0.1, 0.15) is 0 Å². The molecule has 0 bridgehead atoms. The summed E-state index contributed by atoms with van der Waals surface area (Å²) in [6.45, 7) is 8.45. The lowest BCUT2D eigenvalue weighted by Crippen LogP contribution is -2.12. The topological polar surface area (TPSA) is 12.0 Å². The molecule has 0 radical (unpaired) electrons. The number of thioether (sulfide) groups is 1. The van der Waals surface area contributed by atoms with Crippen LogP contribution in [0.25, 0.3) is 0 Å². The Morgan fingerprint density at radius 2 is 1.80 bits per heavy atom. The van der Waals surface area contributed by atoms with Crippen molar-refractivity contribution >= 4 is 11.8 Å². The summed E-state index contributed by atoms with van der Waals surface area (Å²) in [4.78, 5) is 1.39. The molecule has 0 spiro atoms. The fourth-order valence-corrected chi connectivity index (χ4v) is 3.29. The van der Waals surface area contributed by atoms with E-state index in [1.54, 1.807) is 0 Å². The average Bonchev–Trinajstić information content (AvgIpc) is 2.45. The number of nitrogens with one attached hydrogen (secondary N) is 1. The van der Waals surface area contributed by atoms with Crippen LogP contribution < -0.4 is 5.32 Å². The van der Waals surface area contributed by atoms with Gasteiger partial charge in [0.25, 0.3) is 0 Å². The Bertz CT molecular complexity index is 563. The quantitative estimate of drug-likeness (QED) is 0.772. The van der Waals surface area contributed by atoms with Gasteiger partial charge in [-0.3, -0.25) is 0 Å². The van der Waals surface area contributed by atoms with Gasteiger partial charge in [-0.2, -0.15) is 0 Å². The molecule has 2 aromatic carbocycles. The third-order valence-corrected chi connectivity index (χ3v) is 4.59. The van der Waals surface area contributed by atoms with E-state index in [4.69, 9.17) is 0 Å². The molecule has 0 saturated carbocycles. The number of hydrogen-bond donors (Lipinski definition) is 1. The zero-order valence-corrected chi connectivity index (χ0v) is 13.4. The Kier molecular flexibility index (Phi) is 5.69. The van der Waals surface area contributed by atoms with E-state index in [0.717, 1.165) is 18.8 Å². The summed E-state index contributed by atoms with van der Waals surface area (Å²) in [6, 6.07) is 15.4. The summed E-state index contributed by atoms with van der Waals surface area (Å²) < 4.78 is 0. The van der Waals surface area contributed by atoms with Crippen molar-refractivity contribution in [1.29, 1.82) is 0 Å². The number of rotatable bonds is 6. The van der Waals surface area contributed by atoms with Gasteiger partial charge >= 0.3 is 0 Å². The first-order chi connectivity index (χ1) is 9.70. The fourth-order valence-electron chi connectivity index (χ4n) is 2.17. The second kappa shape index (κ2) is 7.51. The van der Waals surface area contributed by atoms with Crippen molar-refractivity contribution in [1.82, 2.24) is 5.32 Å². The molecule has 0 aromatic heterocycles. The molecule has 20 heavy (non-hydrogen) atoms. The minimum Gasteiger partial charge on any atom is -0.313 e. The standard InChI is InChI=1S/C18H23NS/c1-4-19-12-17-11-14(2)9-10-18(17)20-13-16-8-6-5-7-15(16)3/h5-11,19H,4,12-13H2,1-3H3. The van der Waals surface area contributed by atoms with Gasteiger partial charge in [-0.25, -0.2) is 0 Å². The van der Waals surface area contributed by atoms with Crippen molar-refractivity contribution in [3.05, 3.63) is 64.7 Å². The predicted octanol–water partition coefficient (Wildman–Crippen LogP) is 4.71. The van der Waals surface area contributed by atoms with Crippen molar-refractivity contribution in [2.75, 3.05) is 6.54 Å². The molecule has 0 fully saturated rings. The van der Waals surface area contributed by atoms with Gasteiger partial charge in [-0.05, 0) is 43.1 Å². The van der Waals surface area contributed by atoms with Crippen LogP contribution in [0.2, 0.25) is 0 Å². The van der Waals surface area contributed by atoms with E-state index in [2.05, 4.69) is 68.6 Å². The lowest BCUT2D eigenvalue weighted by Gasteiger charge is -2.12. The minimum absolute atomic E-state index is 0.953. The molecule has 106 valence electrons. The van der Waals surface area contributed by atoms with E-state index >= 15 is 0 Å². The highest BCUT2D eigenvalue weighted by Gasteiger charge is 2.05. The third kappa shape index (κ3) is 4.12. The summed E-state index contributed by atoms with van der Waals surface area (Å²) in [5.74, 6) is 1.04. The molecule has 0 heterocycles. The Balaban J connectivity index is 2.10. The molecule has 0 atom stereocenters. The second-order valence-electron chi connectivity index (χ2n) is 5.11. The number of benzene rings is 2. The van der Waals surface area contributed by atoms with Crippen LogP contribution in [0.3, 0.4) is 0 Å². The molecule has 0 saturated heterocycles. The van der Waals surface area contributed by atoms with Crippen LogP contribution in [-0.2, 0) is 12.3 Å². The highest BCUT2D eigenvalue weighted by molar-refractivity contribution is 7.98. The Hall–Kier alpha value is -1.25. The lowest BCUT2D eigenvalue weighted by atomic mass is 10.1. The number of aryl methyl sites for hydroxylation is 2. The first-order valence-corrected chi connectivity index (χ1v) is 8.17. The fraction of sp³-hybridized carbons (Fsp3) is 0.333. The Labute approximate surface area is 126 Å². The van der Waals surface area contributed by atoms with Crippen LogP contribution in [0.5, 0.6) is 0 Å². The zero-order valence-electron chi connectivity index (χ0n) is 12.6. The van der Waals surface area contributed by atoms with Gasteiger partial charge in [-0.15, -0.1) is 11.8 Å². The van der Waals surface area contributed by atoms with Crippen molar-refractivity contribution in [2.24, 2.45) is 0 Å². The maximum absolute atomic E-state index is 3.43. The van der Waals surface area contributed by atoms with E-state index in [0.29, 0.717) is 0 Å². The van der Waals surface area contributed by atoms with E-state index in [1.807, 2.05) is 11.8 Å². The van der Waals surface area contributed by atoms with Crippen LogP contribution in [0.1, 0.15) is 29.2 Å². The van der Waals surface area contributed by atoms with Gasteiger partial charge in [0.15, 0.2) is 0 Å². The van der Waals surface area contributed by atoms with Gasteiger partial charge in [0.05, 0.1) is 0 Å². The van der Waals surface area contributed by atoms with Crippen molar-refractivity contribution < 1.29 is 0 Å². The average molecular weight is 285 g/mol. The van der Waals surface area contributed by atoms with Crippen molar-refractivity contribution in [3.63, 3.8) is 0 Å². The van der Waals surface area contributed by atoms with E-state index < -0.39 is 0 Å². The molecule has 1 nitrogen and oxygen atoms in total. The van der Waals surface area contributed by atoms with Crippen LogP contribution in [0.4, 0.5) is 0 Å². The summed E-state index contributed by atoms with van der Waals surface area (Å²) in [6.07, 6.45) is 0. The highest BCUT2D eigenvalue weighted by atomic mass is 32.2. The van der Waals surface area contributed by atoms with Crippen molar-refractivity contribution in [3.8, 4) is 0 Å². The van der Waals surface area contributed by atoms with Crippen LogP contribution in [-0.4, -0.2) is 6.54 Å². The lowest BCUT2D eigenvalue weighted by molar-refractivity contribution is 0.717. The predicted molar refractivity (Wildman–Crippen MR) is 89.3 cm³/mol. The molecule has 0 unspecified atom stereocenters. The van der Waals surface area contributed by atoms with Gasteiger partial charge in [-0.1, -0.05) is 48.9 Å². The first-order valence-electron chi connectivity index (χ1n) is 7.18. The summed E-state index contributed by atoms with van der Waals surface area (Å²) in [5, 5.41) is 3.43. The molecule has 1 N–H and O–H groups in total. The normalized spacial score (nSPS) is 10.8. The molecule has 0 amide bonds. The highest BCUT2D eigenvalue weighted by Crippen LogP contribution is 2.28. The largest absolute Gasteiger partial charge is 0.313 e. The van der Waals surface area contributed by atoms with E-state index in [1.165, 1.54) is 27.1 Å². The molecule has 2 rings (SSSR count). The molecule has 2 aromatic rings. The van der Waals surface area contributed by atoms with Gasteiger partial charge in [0.2, 0.25) is 0 Å². The van der Waals surface area contributed by atoms with Crippen LogP contribution in [0.15, 0.2) is 47.4 Å². The summed E-state index contributed by atoms with van der Waals surface area (Å²) in [7, 11) is 0. The zero-order chi connectivity index (χ0) is 14.4. The summed E-state index contributed by atoms with van der Waals surface area (Å²) in [5.41, 5.74) is 5.54. The number of hydrogen-bond acceptors (Lipinski definition) is 2. The SMILES string of the molecule is CCNCc1cc(C)ccc1SCc1ccccc1C. The second-order valence-corrected chi connectivity index (χ2v) is 6.12. The molecular formula is C18H23NS. The maximum Gasteiger partial charge on any atom is 0.0234 e. The van der Waals surface area contributed by atoms with Crippen LogP contribution >= 0.6 is 11.8 Å². The minimum atomic E-state index is 0.953. The van der Waals surface area contributed by atoms with E-state index in [-0.39, 0.29) is 0 Å². The van der Waals surface area contributed by atoms with Crippen LogP contribution in [0, 0.1) is 13.8 Å². The monoisotopic (exact) mass is 285 g/mol.